The largest absolute Gasteiger partial charge is 0.497 e. The maximum Gasteiger partial charge on any atom is 0.119 e. The van der Waals surface area contributed by atoms with Gasteiger partial charge >= 0.3 is 0 Å². The fourth-order valence-electron chi connectivity index (χ4n) is 2.62. The van der Waals surface area contributed by atoms with Gasteiger partial charge in [-0.05, 0) is 47.9 Å². The summed E-state index contributed by atoms with van der Waals surface area (Å²) in [6, 6.07) is 14.1. The molecule has 25 heavy (non-hydrogen) atoms. The number of ether oxygens (including phenoxy) is 1. The van der Waals surface area contributed by atoms with Gasteiger partial charge in [0.15, 0.2) is 0 Å². The lowest BCUT2D eigenvalue weighted by Gasteiger charge is -2.11. The number of rotatable bonds is 9. The van der Waals surface area contributed by atoms with Crippen LogP contribution in [0.25, 0.3) is 5.57 Å². The molecule has 0 saturated heterocycles. The Morgan fingerprint density at radius 3 is 2.72 bits per heavy atom. The van der Waals surface area contributed by atoms with E-state index in [2.05, 4.69) is 22.8 Å². The molecule has 2 rings (SSSR count). The summed E-state index contributed by atoms with van der Waals surface area (Å²) in [4.78, 5) is 0. The van der Waals surface area contributed by atoms with Crippen LogP contribution in [0.15, 0.2) is 48.7 Å². The Morgan fingerprint density at radius 1 is 1.20 bits per heavy atom. The second-order valence-electron chi connectivity index (χ2n) is 5.75. The fourth-order valence-corrected chi connectivity index (χ4v) is 2.62. The third-order valence-corrected chi connectivity index (χ3v) is 3.97. The van der Waals surface area contributed by atoms with Crippen LogP contribution >= 0.6 is 0 Å². The van der Waals surface area contributed by atoms with Crippen molar-refractivity contribution in [3.63, 3.8) is 0 Å². The lowest BCUT2D eigenvalue weighted by Crippen LogP contribution is -2.21. The molecule has 0 aromatic heterocycles. The van der Waals surface area contributed by atoms with Crippen molar-refractivity contribution in [1.82, 2.24) is 5.32 Å². The molecular formula is C20H26N4O. The molecule has 0 bridgehead atoms. The predicted molar refractivity (Wildman–Crippen MR) is 105 cm³/mol. The molecule has 0 spiro atoms. The van der Waals surface area contributed by atoms with Gasteiger partial charge in [0.25, 0.3) is 0 Å². The first-order chi connectivity index (χ1) is 12.2. The zero-order valence-electron chi connectivity index (χ0n) is 14.8. The SMILES string of the molecule is COc1cccc(CNCCNc2ccc(/C(C=N)=C/N)c(C)c2)c1. The molecule has 5 N–H and O–H groups in total. The van der Waals surface area contributed by atoms with E-state index < -0.39 is 0 Å². The molecule has 0 fully saturated rings. The zero-order chi connectivity index (χ0) is 18.1. The molecule has 2 aromatic carbocycles. The average Bonchev–Trinajstić information content (AvgIpc) is 2.64. The minimum Gasteiger partial charge on any atom is -0.497 e. The van der Waals surface area contributed by atoms with E-state index in [1.165, 1.54) is 18.0 Å². The number of benzene rings is 2. The lowest BCUT2D eigenvalue weighted by molar-refractivity contribution is 0.414. The van der Waals surface area contributed by atoms with Crippen LogP contribution in [0.1, 0.15) is 16.7 Å². The predicted octanol–water partition coefficient (Wildman–Crippen LogP) is 3.15. The van der Waals surface area contributed by atoms with Crippen molar-refractivity contribution >= 4 is 17.5 Å². The van der Waals surface area contributed by atoms with Crippen molar-refractivity contribution in [1.29, 1.82) is 5.41 Å². The second kappa shape index (κ2) is 9.49. The Morgan fingerprint density at radius 2 is 2.04 bits per heavy atom. The summed E-state index contributed by atoms with van der Waals surface area (Å²) in [5.41, 5.74) is 10.6. The Labute approximate surface area is 149 Å². The van der Waals surface area contributed by atoms with Gasteiger partial charge in [0.2, 0.25) is 0 Å². The van der Waals surface area contributed by atoms with E-state index in [1.807, 2.05) is 37.3 Å². The highest BCUT2D eigenvalue weighted by atomic mass is 16.5. The number of aryl methyl sites for hydroxylation is 1. The summed E-state index contributed by atoms with van der Waals surface area (Å²) < 4.78 is 5.23. The standard InChI is InChI=1S/C20H26N4O/c1-15-10-18(6-7-20(15)17(12-21)13-22)24-9-8-23-14-16-4-3-5-19(11-16)25-2/h3-7,10-13,21,23-24H,8-9,14,22H2,1-2H3/b17-13+,21-12?. The van der Waals surface area contributed by atoms with E-state index in [9.17, 15) is 0 Å². The van der Waals surface area contributed by atoms with Gasteiger partial charge in [0, 0.05) is 43.3 Å². The van der Waals surface area contributed by atoms with Crippen LogP contribution in [-0.2, 0) is 6.54 Å². The second-order valence-corrected chi connectivity index (χ2v) is 5.75. The van der Waals surface area contributed by atoms with Crippen LogP contribution in [0.3, 0.4) is 0 Å². The molecule has 0 amide bonds. The molecule has 5 nitrogen and oxygen atoms in total. The number of nitrogens with one attached hydrogen (secondary N) is 3. The summed E-state index contributed by atoms with van der Waals surface area (Å²) in [6.07, 6.45) is 2.74. The zero-order valence-corrected chi connectivity index (χ0v) is 14.8. The van der Waals surface area contributed by atoms with Crippen LogP contribution in [0, 0.1) is 12.3 Å². The fraction of sp³-hybridized carbons (Fsp3) is 0.250. The highest BCUT2D eigenvalue weighted by molar-refractivity contribution is 6.08. The number of methoxy groups -OCH3 is 1. The van der Waals surface area contributed by atoms with Crippen LogP contribution in [0.5, 0.6) is 5.75 Å². The van der Waals surface area contributed by atoms with Crippen LogP contribution in [0.4, 0.5) is 5.69 Å². The molecule has 0 atom stereocenters. The quantitative estimate of drug-likeness (QED) is 0.418. The first-order valence-corrected chi connectivity index (χ1v) is 8.29. The highest BCUT2D eigenvalue weighted by Crippen LogP contribution is 2.20. The monoisotopic (exact) mass is 338 g/mol. The lowest BCUT2D eigenvalue weighted by atomic mass is 10.0. The maximum atomic E-state index is 7.40. The van der Waals surface area contributed by atoms with E-state index in [0.29, 0.717) is 0 Å². The third kappa shape index (κ3) is 5.36. The van der Waals surface area contributed by atoms with Crippen LogP contribution in [0.2, 0.25) is 0 Å². The summed E-state index contributed by atoms with van der Waals surface area (Å²) in [6.45, 7) is 4.51. The first kappa shape index (κ1) is 18.5. The minimum atomic E-state index is 0.726. The molecule has 0 saturated carbocycles. The molecule has 2 aromatic rings. The normalized spacial score (nSPS) is 11.2. The van der Waals surface area contributed by atoms with Crippen molar-refractivity contribution < 1.29 is 4.74 Å². The van der Waals surface area contributed by atoms with Gasteiger partial charge in [0.05, 0.1) is 7.11 Å². The first-order valence-electron chi connectivity index (χ1n) is 8.29. The molecular weight excluding hydrogens is 312 g/mol. The van der Waals surface area contributed by atoms with Gasteiger partial charge in [-0.2, -0.15) is 0 Å². The summed E-state index contributed by atoms with van der Waals surface area (Å²) in [7, 11) is 1.68. The van der Waals surface area contributed by atoms with Gasteiger partial charge < -0.3 is 26.5 Å². The number of hydrogen-bond acceptors (Lipinski definition) is 5. The summed E-state index contributed by atoms with van der Waals surface area (Å²) >= 11 is 0. The Kier molecular flexibility index (Phi) is 7.04. The van der Waals surface area contributed by atoms with E-state index >= 15 is 0 Å². The topological polar surface area (TPSA) is 83.2 Å². The van der Waals surface area contributed by atoms with Gasteiger partial charge in [-0.25, -0.2) is 0 Å². The van der Waals surface area contributed by atoms with Crippen molar-refractivity contribution in [3.05, 3.63) is 65.4 Å². The van der Waals surface area contributed by atoms with Gasteiger partial charge in [-0.3, -0.25) is 0 Å². The average molecular weight is 338 g/mol. The molecule has 0 aliphatic carbocycles. The Hall–Kier alpha value is -2.79. The molecule has 0 radical (unpaired) electrons. The molecule has 0 unspecified atom stereocenters. The van der Waals surface area contributed by atoms with Crippen LogP contribution in [-0.4, -0.2) is 26.4 Å². The minimum absolute atomic E-state index is 0.726. The van der Waals surface area contributed by atoms with Gasteiger partial charge in [-0.1, -0.05) is 18.2 Å². The smallest absolute Gasteiger partial charge is 0.119 e. The summed E-state index contributed by atoms with van der Waals surface area (Å²) in [5, 5.41) is 14.2. The van der Waals surface area contributed by atoms with E-state index in [0.717, 1.165) is 47.8 Å². The molecule has 0 aliphatic heterocycles. The van der Waals surface area contributed by atoms with Gasteiger partial charge in [0.1, 0.15) is 5.75 Å². The van der Waals surface area contributed by atoms with Crippen LogP contribution < -0.4 is 21.1 Å². The number of anilines is 1. The maximum absolute atomic E-state index is 7.40. The van der Waals surface area contributed by atoms with Crippen molar-refractivity contribution in [2.45, 2.75) is 13.5 Å². The molecule has 0 aliphatic rings. The Bertz CT molecular complexity index is 740. The summed E-state index contributed by atoms with van der Waals surface area (Å²) in [5.74, 6) is 0.879. The Balaban J connectivity index is 1.80. The number of hydrogen-bond donors (Lipinski definition) is 4. The number of allylic oxidation sites excluding steroid dienone is 1. The van der Waals surface area contributed by atoms with E-state index in [4.69, 9.17) is 15.9 Å². The third-order valence-electron chi connectivity index (χ3n) is 3.97. The van der Waals surface area contributed by atoms with Gasteiger partial charge in [-0.15, -0.1) is 0 Å². The van der Waals surface area contributed by atoms with Crippen molar-refractivity contribution in [2.75, 3.05) is 25.5 Å². The highest BCUT2D eigenvalue weighted by Gasteiger charge is 2.03. The van der Waals surface area contributed by atoms with Crippen molar-refractivity contribution in [2.24, 2.45) is 5.73 Å². The molecule has 0 heterocycles. The molecule has 132 valence electrons. The van der Waals surface area contributed by atoms with E-state index in [-0.39, 0.29) is 0 Å². The number of nitrogens with two attached hydrogens (primary N) is 1. The molecule has 5 heteroatoms. The van der Waals surface area contributed by atoms with Crippen molar-refractivity contribution in [3.8, 4) is 5.75 Å². The van der Waals surface area contributed by atoms with E-state index in [1.54, 1.807) is 7.11 Å².